The van der Waals surface area contributed by atoms with E-state index in [1.165, 1.54) is 19.1 Å². The summed E-state index contributed by atoms with van der Waals surface area (Å²) in [5.74, 6) is -2.43. The van der Waals surface area contributed by atoms with E-state index in [9.17, 15) is 13.6 Å². The van der Waals surface area contributed by atoms with Crippen LogP contribution in [0.25, 0.3) is 0 Å². The Morgan fingerprint density at radius 3 is 2.73 bits per heavy atom. The Morgan fingerprint density at radius 2 is 2.13 bits per heavy atom. The normalized spacial score (nSPS) is 12.3. The molecule has 0 aliphatic carbocycles. The van der Waals surface area contributed by atoms with E-state index >= 15 is 0 Å². The molecule has 1 aromatic rings. The van der Waals surface area contributed by atoms with Crippen molar-refractivity contribution >= 4 is 5.78 Å². The van der Waals surface area contributed by atoms with Gasteiger partial charge in [0.15, 0.2) is 23.5 Å². The topological polar surface area (TPSA) is 26.3 Å². The summed E-state index contributed by atoms with van der Waals surface area (Å²) < 4.78 is 30.9. The number of rotatable bonds is 4. The molecule has 2 nitrogen and oxygen atoms in total. The third-order valence-corrected chi connectivity index (χ3v) is 2.02. The Hall–Kier alpha value is -1.45. The third-order valence-electron chi connectivity index (χ3n) is 2.02. The zero-order chi connectivity index (χ0) is 11.4. The van der Waals surface area contributed by atoms with Gasteiger partial charge < -0.3 is 4.74 Å². The maximum absolute atomic E-state index is 13.1. The van der Waals surface area contributed by atoms with Gasteiger partial charge in [0, 0.05) is 6.42 Å². The van der Waals surface area contributed by atoms with Gasteiger partial charge >= 0.3 is 0 Å². The number of carbonyl (C=O) groups excluding carboxylic acids is 1. The lowest BCUT2D eigenvalue weighted by Crippen LogP contribution is -2.23. The molecule has 1 rings (SSSR count). The van der Waals surface area contributed by atoms with E-state index < -0.39 is 17.7 Å². The molecule has 0 saturated carbocycles. The van der Waals surface area contributed by atoms with Gasteiger partial charge in [-0.2, -0.15) is 4.39 Å². The number of halogens is 2. The van der Waals surface area contributed by atoms with Gasteiger partial charge in [0.2, 0.25) is 5.82 Å². The second kappa shape index (κ2) is 4.87. The summed E-state index contributed by atoms with van der Waals surface area (Å²) in [4.78, 5) is 11.2. The van der Waals surface area contributed by atoms with Crippen LogP contribution in [-0.4, -0.2) is 11.9 Å². The summed E-state index contributed by atoms with van der Waals surface area (Å²) >= 11 is 0. The van der Waals surface area contributed by atoms with Gasteiger partial charge in [0.1, 0.15) is 0 Å². The minimum atomic E-state index is -1.06. The Balaban J connectivity index is 2.81. The van der Waals surface area contributed by atoms with Gasteiger partial charge in [0.05, 0.1) is 0 Å². The third kappa shape index (κ3) is 2.75. The lowest BCUT2D eigenvalue weighted by atomic mass is 10.2. The first-order valence-electron chi connectivity index (χ1n) is 4.69. The van der Waals surface area contributed by atoms with Crippen LogP contribution in [0, 0.1) is 11.6 Å². The minimum Gasteiger partial charge on any atom is -0.480 e. The van der Waals surface area contributed by atoms with Crippen LogP contribution in [0.15, 0.2) is 18.2 Å². The number of hydrogen-bond donors (Lipinski definition) is 0. The highest BCUT2D eigenvalue weighted by Gasteiger charge is 2.16. The van der Waals surface area contributed by atoms with Crippen LogP contribution in [0.1, 0.15) is 20.3 Å². The van der Waals surface area contributed by atoms with Crippen molar-refractivity contribution in [2.24, 2.45) is 0 Å². The van der Waals surface area contributed by atoms with E-state index in [0.29, 0.717) is 6.42 Å². The Kier molecular flexibility index (Phi) is 3.77. The molecule has 0 aliphatic rings. The van der Waals surface area contributed by atoms with Gasteiger partial charge in [-0.15, -0.1) is 0 Å². The zero-order valence-corrected chi connectivity index (χ0v) is 8.59. The number of ketones is 1. The summed E-state index contributed by atoms with van der Waals surface area (Å²) in [6.07, 6.45) is -0.454. The lowest BCUT2D eigenvalue weighted by molar-refractivity contribution is -0.124. The maximum Gasteiger partial charge on any atom is 0.200 e. The van der Waals surface area contributed by atoms with Crippen molar-refractivity contribution in [3.63, 3.8) is 0 Å². The van der Waals surface area contributed by atoms with Crippen molar-refractivity contribution in [2.75, 3.05) is 0 Å². The molecule has 15 heavy (non-hydrogen) atoms. The molecule has 82 valence electrons. The number of carbonyl (C=O) groups is 1. The van der Waals surface area contributed by atoms with Crippen molar-refractivity contribution in [1.82, 2.24) is 0 Å². The van der Waals surface area contributed by atoms with Crippen LogP contribution in [0.3, 0.4) is 0 Å². The van der Waals surface area contributed by atoms with Crippen LogP contribution in [0.4, 0.5) is 8.78 Å². The summed E-state index contributed by atoms with van der Waals surface area (Å²) in [7, 11) is 0. The molecular weight excluding hydrogens is 202 g/mol. The molecule has 0 radical (unpaired) electrons. The Labute approximate surface area is 86.9 Å². The van der Waals surface area contributed by atoms with E-state index in [0.717, 1.165) is 6.07 Å². The average molecular weight is 214 g/mol. The van der Waals surface area contributed by atoms with Crippen molar-refractivity contribution < 1.29 is 18.3 Å². The second-order valence-electron chi connectivity index (χ2n) is 3.13. The summed E-state index contributed by atoms with van der Waals surface area (Å²) in [6.45, 7) is 3.19. The highest BCUT2D eigenvalue weighted by molar-refractivity contribution is 5.82. The molecule has 1 unspecified atom stereocenters. The first-order valence-corrected chi connectivity index (χ1v) is 4.69. The average Bonchev–Trinajstić information content (AvgIpc) is 2.23. The molecule has 0 fully saturated rings. The van der Waals surface area contributed by atoms with Gasteiger partial charge in [-0.25, -0.2) is 4.39 Å². The van der Waals surface area contributed by atoms with Gasteiger partial charge in [-0.05, 0) is 19.1 Å². The first-order chi connectivity index (χ1) is 7.06. The van der Waals surface area contributed by atoms with Gasteiger partial charge in [-0.3, -0.25) is 4.79 Å². The van der Waals surface area contributed by atoms with Crippen LogP contribution >= 0.6 is 0 Å². The number of hydrogen-bond acceptors (Lipinski definition) is 2. The van der Waals surface area contributed by atoms with Crippen LogP contribution < -0.4 is 4.74 Å². The quantitative estimate of drug-likeness (QED) is 0.770. The highest BCUT2D eigenvalue weighted by Crippen LogP contribution is 2.20. The SMILES string of the molecule is CCC(=O)C(C)Oc1cccc(F)c1F. The second-order valence-corrected chi connectivity index (χ2v) is 3.13. The minimum absolute atomic E-state index is 0.154. The van der Waals surface area contributed by atoms with Crippen molar-refractivity contribution in [3.05, 3.63) is 29.8 Å². The largest absolute Gasteiger partial charge is 0.480 e. The fraction of sp³-hybridized carbons (Fsp3) is 0.364. The van der Waals surface area contributed by atoms with Crippen LogP contribution in [0.2, 0.25) is 0 Å². The Morgan fingerprint density at radius 1 is 1.47 bits per heavy atom. The molecule has 1 atom stereocenters. The summed E-state index contributed by atoms with van der Waals surface area (Å²) in [6, 6.07) is 3.61. The van der Waals surface area contributed by atoms with Crippen LogP contribution in [0.5, 0.6) is 5.75 Å². The first kappa shape index (κ1) is 11.6. The standard InChI is InChI=1S/C11H12F2O2/c1-3-9(14)7(2)15-10-6-4-5-8(12)11(10)13/h4-7H,3H2,1-2H3. The fourth-order valence-electron chi connectivity index (χ4n) is 1.12. The fourth-order valence-corrected chi connectivity index (χ4v) is 1.12. The molecule has 0 spiro atoms. The van der Waals surface area contributed by atoms with Crippen LogP contribution in [-0.2, 0) is 4.79 Å². The number of benzene rings is 1. The van der Waals surface area contributed by atoms with Gasteiger partial charge in [-0.1, -0.05) is 13.0 Å². The Bertz CT molecular complexity index is 364. The molecule has 0 saturated heterocycles. The maximum atomic E-state index is 13.1. The predicted molar refractivity (Wildman–Crippen MR) is 51.7 cm³/mol. The molecule has 0 heterocycles. The molecule has 1 aromatic carbocycles. The molecular formula is C11H12F2O2. The number of ether oxygens (including phenoxy) is 1. The van der Waals surface area contributed by atoms with E-state index in [1.807, 2.05) is 0 Å². The van der Waals surface area contributed by atoms with Gasteiger partial charge in [0.25, 0.3) is 0 Å². The molecule has 0 amide bonds. The highest BCUT2D eigenvalue weighted by atomic mass is 19.2. The number of Topliss-reactive ketones (excluding diaryl/α,β-unsaturated/α-hetero) is 1. The summed E-state index contributed by atoms with van der Waals surface area (Å²) in [5.41, 5.74) is 0. The van der Waals surface area contributed by atoms with Crippen molar-refractivity contribution in [1.29, 1.82) is 0 Å². The van der Waals surface area contributed by atoms with Crippen molar-refractivity contribution in [2.45, 2.75) is 26.4 Å². The van der Waals surface area contributed by atoms with E-state index in [1.54, 1.807) is 6.92 Å². The lowest BCUT2D eigenvalue weighted by Gasteiger charge is -2.13. The smallest absolute Gasteiger partial charge is 0.200 e. The molecule has 0 aromatic heterocycles. The zero-order valence-electron chi connectivity index (χ0n) is 8.59. The summed E-state index contributed by atoms with van der Waals surface area (Å²) in [5, 5.41) is 0. The van der Waals surface area contributed by atoms with E-state index in [-0.39, 0.29) is 11.5 Å². The van der Waals surface area contributed by atoms with E-state index in [2.05, 4.69) is 0 Å². The van der Waals surface area contributed by atoms with E-state index in [4.69, 9.17) is 4.74 Å². The van der Waals surface area contributed by atoms with Crippen molar-refractivity contribution in [3.8, 4) is 5.75 Å². The molecule has 0 aliphatic heterocycles. The monoisotopic (exact) mass is 214 g/mol. The molecule has 4 heteroatoms. The molecule has 0 bridgehead atoms. The molecule has 0 N–H and O–H groups in total. The predicted octanol–water partition coefficient (Wildman–Crippen LogP) is 2.71.